The first kappa shape index (κ1) is 26.5. The van der Waals surface area contributed by atoms with Gasteiger partial charge in [0.25, 0.3) is 0 Å². The summed E-state index contributed by atoms with van der Waals surface area (Å²) in [5, 5.41) is 12.0. The molecule has 0 atom stereocenters. The van der Waals surface area contributed by atoms with E-state index in [1.54, 1.807) is 4.90 Å². The van der Waals surface area contributed by atoms with E-state index in [2.05, 4.69) is 36.5 Å². The molecule has 1 heterocycles. The van der Waals surface area contributed by atoms with E-state index in [1.807, 2.05) is 57.2 Å². The molecule has 6 nitrogen and oxygen atoms in total. The second-order valence-corrected chi connectivity index (χ2v) is 11.0. The maximum Gasteiger partial charge on any atom is 0.326 e. The van der Waals surface area contributed by atoms with Crippen molar-refractivity contribution in [1.29, 1.82) is 0 Å². The molecule has 196 valence electrons. The van der Waals surface area contributed by atoms with Gasteiger partial charge in [0.1, 0.15) is 11.4 Å². The summed E-state index contributed by atoms with van der Waals surface area (Å²) in [6.45, 7) is 8.42. The second kappa shape index (κ2) is 11.2. The zero-order valence-electron chi connectivity index (χ0n) is 22.3. The summed E-state index contributed by atoms with van der Waals surface area (Å²) in [7, 11) is 0. The van der Waals surface area contributed by atoms with Gasteiger partial charge in [0, 0.05) is 12.1 Å². The molecule has 2 amide bonds. The third-order valence-electron chi connectivity index (χ3n) is 7.45. The lowest BCUT2D eigenvalue weighted by atomic mass is 9.77. The molecule has 1 aliphatic carbocycles. The Balaban J connectivity index is 1.47. The van der Waals surface area contributed by atoms with Gasteiger partial charge in [0.15, 0.2) is 0 Å². The van der Waals surface area contributed by atoms with Crippen molar-refractivity contribution in [3.63, 3.8) is 0 Å². The van der Waals surface area contributed by atoms with Crippen LogP contribution >= 0.6 is 0 Å². The van der Waals surface area contributed by atoms with Gasteiger partial charge in [0.05, 0.1) is 12.2 Å². The zero-order chi connectivity index (χ0) is 26.6. The SMILES string of the molecule is CC(=CC1=C(C)N(C(=O)Nc2ccccc2)CC(C)(C)O1)c1ccc(C2CCC(CC(=O)O)CC2)cc1. The quantitative estimate of drug-likeness (QED) is 0.431. The number of ether oxygens (including phenoxy) is 1. The van der Waals surface area contributed by atoms with Crippen LogP contribution in [0.2, 0.25) is 0 Å². The number of para-hydroxylation sites is 1. The van der Waals surface area contributed by atoms with Gasteiger partial charge >= 0.3 is 12.0 Å². The highest BCUT2D eigenvalue weighted by molar-refractivity contribution is 5.90. The Morgan fingerprint density at radius 1 is 1.05 bits per heavy atom. The Morgan fingerprint density at radius 2 is 1.70 bits per heavy atom. The van der Waals surface area contributed by atoms with Gasteiger partial charge in [-0.1, -0.05) is 42.5 Å². The molecule has 1 fully saturated rings. The largest absolute Gasteiger partial charge is 0.484 e. The van der Waals surface area contributed by atoms with Crippen LogP contribution in [0.4, 0.5) is 10.5 Å². The minimum absolute atomic E-state index is 0.175. The number of benzene rings is 2. The van der Waals surface area contributed by atoms with Crippen molar-refractivity contribution in [3.8, 4) is 0 Å². The number of urea groups is 1. The van der Waals surface area contributed by atoms with Gasteiger partial charge in [-0.15, -0.1) is 0 Å². The van der Waals surface area contributed by atoms with E-state index in [4.69, 9.17) is 9.84 Å². The molecule has 0 unspecified atom stereocenters. The van der Waals surface area contributed by atoms with Crippen LogP contribution in [-0.4, -0.2) is 34.2 Å². The molecule has 0 aromatic heterocycles. The number of hydrogen-bond acceptors (Lipinski definition) is 3. The normalized spacial score (nSPS) is 21.8. The summed E-state index contributed by atoms with van der Waals surface area (Å²) in [6.07, 6.45) is 6.35. The second-order valence-electron chi connectivity index (χ2n) is 11.0. The van der Waals surface area contributed by atoms with Crippen LogP contribution in [0.3, 0.4) is 0 Å². The fourth-order valence-electron chi connectivity index (χ4n) is 5.35. The number of carbonyl (C=O) groups is 2. The van der Waals surface area contributed by atoms with Gasteiger partial charge in [-0.2, -0.15) is 0 Å². The fraction of sp³-hybridized carbons (Fsp3) is 0.419. The molecule has 37 heavy (non-hydrogen) atoms. The monoisotopic (exact) mass is 502 g/mol. The van der Waals surface area contributed by atoms with Gasteiger partial charge < -0.3 is 15.2 Å². The lowest BCUT2D eigenvalue weighted by Crippen LogP contribution is -2.48. The van der Waals surface area contributed by atoms with Crippen molar-refractivity contribution >= 4 is 23.3 Å². The molecule has 2 aromatic carbocycles. The van der Waals surface area contributed by atoms with E-state index in [1.165, 1.54) is 5.56 Å². The van der Waals surface area contributed by atoms with Crippen molar-refractivity contribution < 1.29 is 19.4 Å². The van der Waals surface area contributed by atoms with E-state index < -0.39 is 11.6 Å². The summed E-state index contributed by atoms with van der Waals surface area (Å²) < 4.78 is 6.30. The zero-order valence-corrected chi connectivity index (χ0v) is 22.3. The van der Waals surface area contributed by atoms with Crippen molar-refractivity contribution in [2.75, 3.05) is 11.9 Å². The van der Waals surface area contributed by atoms with Crippen molar-refractivity contribution in [2.24, 2.45) is 5.92 Å². The van der Waals surface area contributed by atoms with Crippen LogP contribution < -0.4 is 5.32 Å². The van der Waals surface area contributed by atoms with Crippen LogP contribution in [0.15, 0.2) is 72.1 Å². The molecule has 6 heteroatoms. The molecule has 4 rings (SSSR count). The van der Waals surface area contributed by atoms with E-state index >= 15 is 0 Å². The van der Waals surface area contributed by atoms with Crippen molar-refractivity contribution in [1.82, 2.24) is 4.90 Å². The first-order chi connectivity index (χ1) is 17.6. The van der Waals surface area contributed by atoms with Gasteiger partial charge in [0.2, 0.25) is 0 Å². The maximum atomic E-state index is 13.1. The summed E-state index contributed by atoms with van der Waals surface area (Å²) in [5.41, 5.74) is 4.50. The Kier molecular flexibility index (Phi) is 8.06. The maximum absolute atomic E-state index is 13.1. The van der Waals surface area contributed by atoms with E-state index in [0.29, 0.717) is 24.1 Å². The number of rotatable bonds is 6. The number of aliphatic carboxylic acids is 1. The highest BCUT2D eigenvalue weighted by Crippen LogP contribution is 2.37. The number of carboxylic acids is 1. The van der Waals surface area contributed by atoms with Crippen LogP contribution in [-0.2, 0) is 9.53 Å². The highest BCUT2D eigenvalue weighted by Gasteiger charge is 2.34. The number of amides is 2. The lowest BCUT2D eigenvalue weighted by Gasteiger charge is -2.39. The molecular formula is C31H38N2O4. The summed E-state index contributed by atoms with van der Waals surface area (Å²) in [6, 6.07) is 18.0. The molecule has 0 saturated heterocycles. The van der Waals surface area contributed by atoms with Crippen molar-refractivity contribution in [2.45, 2.75) is 71.3 Å². The summed E-state index contributed by atoms with van der Waals surface area (Å²) in [4.78, 5) is 25.9. The van der Waals surface area contributed by atoms with Crippen LogP contribution in [0.25, 0.3) is 5.57 Å². The number of anilines is 1. The number of carboxylic acid groups (broad SMARTS) is 1. The Hall–Kier alpha value is -3.54. The average molecular weight is 503 g/mol. The molecule has 0 bridgehead atoms. The Labute approximate surface area is 220 Å². The third-order valence-corrected chi connectivity index (χ3v) is 7.45. The summed E-state index contributed by atoms with van der Waals surface area (Å²) in [5.74, 6) is 0.805. The Bertz CT molecular complexity index is 1170. The number of allylic oxidation sites excluding steroid dienone is 3. The predicted molar refractivity (Wildman–Crippen MR) is 147 cm³/mol. The molecule has 0 spiro atoms. The topological polar surface area (TPSA) is 78.9 Å². The highest BCUT2D eigenvalue weighted by atomic mass is 16.5. The lowest BCUT2D eigenvalue weighted by molar-refractivity contribution is -0.138. The molecule has 2 aromatic rings. The molecular weight excluding hydrogens is 464 g/mol. The molecule has 1 aliphatic heterocycles. The first-order valence-electron chi connectivity index (χ1n) is 13.1. The molecule has 0 radical (unpaired) electrons. The van der Waals surface area contributed by atoms with Crippen LogP contribution in [0.1, 0.15) is 76.8 Å². The smallest absolute Gasteiger partial charge is 0.326 e. The van der Waals surface area contributed by atoms with Crippen LogP contribution in [0, 0.1) is 5.92 Å². The van der Waals surface area contributed by atoms with E-state index in [-0.39, 0.29) is 12.5 Å². The van der Waals surface area contributed by atoms with Gasteiger partial charge in [-0.05, 0) is 100 Å². The minimum Gasteiger partial charge on any atom is -0.484 e. The average Bonchev–Trinajstić information content (AvgIpc) is 2.86. The van der Waals surface area contributed by atoms with Crippen molar-refractivity contribution in [3.05, 3.63) is 83.3 Å². The van der Waals surface area contributed by atoms with Gasteiger partial charge in [-0.3, -0.25) is 9.69 Å². The Morgan fingerprint density at radius 3 is 2.32 bits per heavy atom. The van der Waals surface area contributed by atoms with E-state index in [9.17, 15) is 9.59 Å². The standard InChI is InChI=1S/C31H38N2O4/c1-21(24-14-16-26(17-15-24)25-12-10-23(11-13-25)19-29(34)35)18-28-22(2)33(20-31(3,4)37-28)30(36)32-27-8-6-5-7-9-27/h5-9,14-18,23,25H,10-13,19-20H2,1-4H3,(H,32,36)(H,34,35). The number of hydrogen-bond donors (Lipinski definition) is 2. The number of nitrogens with one attached hydrogen (secondary N) is 1. The minimum atomic E-state index is -0.689. The molecule has 2 aliphatic rings. The fourth-order valence-corrected chi connectivity index (χ4v) is 5.35. The number of nitrogens with zero attached hydrogens (tertiary/aromatic N) is 1. The first-order valence-corrected chi connectivity index (χ1v) is 13.1. The van der Waals surface area contributed by atoms with Crippen LogP contribution in [0.5, 0.6) is 0 Å². The van der Waals surface area contributed by atoms with E-state index in [0.717, 1.165) is 48.2 Å². The predicted octanol–water partition coefficient (Wildman–Crippen LogP) is 7.41. The third kappa shape index (κ3) is 6.82. The number of carbonyl (C=O) groups excluding carboxylic acids is 1. The van der Waals surface area contributed by atoms with Gasteiger partial charge in [-0.25, -0.2) is 4.79 Å². The molecule has 1 saturated carbocycles. The molecule has 2 N–H and O–H groups in total. The summed E-state index contributed by atoms with van der Waals surface area (Å²) >= 11 is 0.